The number of carboxylic acid groups (broad SMARTS) is 2. The Morgan fingerprint density at radius 3 is 0.968 bits per heavy atom. The third-order valence-corrected chi connectivity index (χ3v) is 9.52. The summed E-state index contributed by atoms with van der Waals surface area (Å²) in [6.07, 6.45) is 4.38. The molecule has 0 atom stereocenters. The number of Topliss-reactive ketones (excluding diaryl/α,β-unsaturated/α-hetero) is 2. The number of carbonyl (C=O) groups excluding carboxylic acids is 2. The molecule has 0 heterocycles. The molecular weight excluding hydrogens is 791 g/mol. The lowest BCUT2D eigenvalue weighted by Crippen LogP contribution is -2.38. The number of nitrogens with one attached hydrogen (secondary N) is 2. The van der Waals surface area contributed by atoms with Crippen molar-refractivity contribution >= 4 is 23.5 Å². The van der Waals surface area contributed by atoms with Crippen molar-refractivity contribution < 1.29 is 34.5 Å². The van der Waals surface area contributed by atoms with Crippen molar-refractivity contribution in [2.24, 2.45) is 5.73 Å². The Bertz CT molecular complexity index is 1880. The van der Waals surface area contributed by atoms with Gasteiger partial charge in [0.25, 0.3) is 0 Å². The molecular formula is C53H79N3O7. The van der Waals surface area contributed by atoms with Crippen molar-refractivity contribution in [3.05, 3.63) is 142 Å². The van der Waals surface area contributed by atoms with E-state index in [-0.39, 0.29) is 48.5 Å². The van der Waals surface area contributed by atoms with Crippen LogP contribution in [0.2, 0.25) is 0 Å². The van der Waals surface area contributed by atoms with Crippen molar-refractivity contribution in [1.82, 2.24) is 10.6 Å². The number of likely N-dealkylation sites (N-methyl/N-ethyl adjacent to an activating group) is 2. The molecule has 4 aromatic rings. The normalized spacial score (nSPS) is 11.3. The van der Waals surface area contributed by atoms with E-state index in [4.69, 9.17) is 15.9 Å². The third-order valence-electron chi connectivity index (χ3n) is 9.52. The van der Waals surface area contributed by atoms with Crippen LogP contribution in [0, 0.1) is 0 Å². The fourth-order valence-electron chi connectivity index (χ4n) is 6.55. The van der Waals surface area contributed by atoms with Gasteiger partial charge < -0.3 is 31.7 Å². The van der Waals surface area contributed by atoms with Gasteiger partial charge in [-0.3, -0.25) is 19.2 Å². The number of nitrogens with two attached hydrogens (primary N) is 1. The summed E-state index contributed by atoms with van der Waals surface area (Å²) < 4.78 is 0. The van der Waals surface area contributed by atoms with Crippen LogP contribution < -0.4 is 16.4 Å². The van der Waals surface area contributed by atoms with E-state index in [1.807, 2.05) is 94.7 Å². The minimum Gasteiger partial charge on any atom is -0.481 e. The first-order valence-electron chi connectivity index (χ1n) is 21.2. The molecule has 10 nitrogen and oxygen atoms in total. The SMILES string of the molecule is C.CC(=O)Cc1cccc(CC(C)(C)N)c1.CC(C)(O)Cc1cccc(CC(=O)O)c1.CNC(C)(C)Cc1cccc(CC(=O)O)c1.CNC(C)(C)Cc1cccc(CC(C)=O)c1. The van der Waals surface area contributed by atoms with Crippen LogP contribution >= 0.6 is 0 Å². The van der Waals surface area contributed by atoms with Gasteiger partial charge in [-0.15, -0.1) is 0 Å². The Balaban J connectivity index is 0.000000810. The topological polar surface area (TPSA) is 179 Å². The summed E-state index contributed by atoms with van der Waals surface area (Å²) in [5.74, 6) is -1.22. The monoisotopic (exact) mass is 870 g/mol. The number of carbonyl (C=O) groups is 4. The lowest BCUT2D eigenvalue weighted by Gasteiger charge is -2.24. The summed E-state index contributed by atoms with van der Waals surface area (Å²) in [5, 5.41) is 33.5. The molecule has 7 N–H and O–H groups in total. The smallest absolute Gasteiger partial charge is 0.307 e. The predicted octanol–water partition coefficient (Wildman–Crippen LogP) is 8.57. The van der Waals surface area contributed by atoms with Gasteiger partial charge >= 0.3 is 11.9 Å². The largest absolute Gasteiger partial charge is 0.481 e. The minimum absolute atomic E-state index is 0. The lowest BCUT2D eigenvalue weighted by molar-refractivity contribution is -0.137. The quantitative estimate of drug-likeness (QED) is 0.0568. The van der Waals surface area contributed by atoms with Crippen molar-refractivity contribution in [2.45, 2.75) is 150 Å². The van der Waals surface area contributed by atoms with E-state index >= 15 is 0 Å². The molecule has 0 fully saturated rings. The molecule has 0 aliphatic heterocycles. The van der Waals surface area contributed by atoms with Crippen LogP contribution in [-0.4, -0.2) is 75.1 Å². The van der Waals surface area contributed by atoms with Crippen molar-refractivity contribution in [2.75, 3.05) is 14.1 Å². The summed E-state index contributed by atoms with van der Waals surface area (Å²) in [6, 6.07) is 31.4. The Morgan fingerprint density at radius 2 is 0.730 bits per heavy atom. The van der Waals surface area contributed by atoms with Gasteiger partial charge in [0.2, 0.25) is 0 Å². The number of ketones is 2. The summed E-state index contributed by atoms with van der Waals surface area (Å²) in [4.78, 5) is 43.2. The molecule has 0 bridgehead atoms. The molecule has 0 aliphatic rings. The maximum Gasteiger partial charge on any atom is 0.307 e. The van der Waals surface area contributed by atoms with E-state index in [1.54, 1.807) is 33.8 Å². The molecule has 0 saturated heterocycles. The number of benzene rings is 4. The molecule has 4 aromatic carbocycles. The van der Waals surface area contributed by atoms with Crippen LogP contribution in [0.4, 0.5) is 0 Å². The fourth-order valence-corrected chi connectivity index (χ4v) is 6.55. The Hall–Kier alpha value is -5.00. The summed E-state index contributed by atoms with van der Waals surface area (Å²) >= 11 is 0. The average molecular weight is 870 g/mol. The molecule has 0 aliphatic carbocycles. The van der Waals surface area contributed by atoms with Gasteiger partial charge in [0.15, 0.2) is 0 Å². The number of aliphatic carboxylic acids is 2. The van der Waals surface area contributed by atoms with E-state index in [2.05, 4.69) is 62.6 Å². The standard InChI is InChI=1S/C14H21NO.C13H19NO2.C13H19NO.C12H16O3.CH4/c1-11(16)8-12-6-5-7-13(9-12)10-14(2,3)15-4;1-13(2,14-3)9-11-6-4-5-10(7-11)8-12(15)16;1-10(15)7-11-5-4-6-12(8-11)9-13(2,3)14;1-12(2,15)8-10-5-3-4-9(6-10)7-11(13)14;/h5-7,9,15H,8,10H2,1-4H3;4-7,14H,8-9H2,1-3H3,(H,15,16);4-6,8H,7,9,14H2,1-3H3;3-6,15H,7-8H2,1-2H3,(H,13,14);1H4. The van der Waals surface area contributed by atoms with Gasteiger partial charge in [-0.25, -0.2) is 0 Å². The number of carboxylic acids is 2. The van der Waals surface area contributed by atoms with Crippen LogP contribution in [0.3, 0.4) is 0 Å². The maximum absolute atomic E-state index is 11.1. The second-order valence-electron chi connectivity index (χ2n) is 19.0. The van der Waals surface area contributed by atoms with Crippen LogP contribution in [-0.2, 0) is 70.5 Å². The van der Waals surface area contributed by atoms with Gasteiger partial charge in [-0.1, -0.05) is 104 Å². The van der Waals surface area contributed by atoms with Crippen molar-refractivity contribution in [1.29, 1.82) is 0 Å². The molecule has 0 unspecified atom stereocenters. The molecule has 0 saturated carbocycles. The summed E-state index contributed by atoms with van der Waals surface area (Å²) in [7, 11) is 3.90. The highest BCUT2D eigenvalue weighted by atomic mass is 16.4. The number of hydrogen-bond acceptors (Lipinski definition) is 8. The first-order valence-corrected chi connectivity index (χ1v) is 21.2. The van der Waals surface area contributed by atoms with E-state index in [9.17, 15) is 24.3 Å². The summed E-state index contributed by atoms with van der Waals surface area (Å²) in [5.41, 5.74) is 13.5. The highest BCUT2D eigenvalue weighted by molar-refractivity contribution is 5.78. The Kier molecular flexibility index (Phi) is 25.1. The van der Waals surface area contributed by atoms with Gasteiger partial charge in [0.1, 0.15) is 11.6 Å². The molecule has 0 radical (unpaired) electrons. The highest BCUT2D eigenvalue weighted by Crippen LogP contribution is 2.17. The first kappa shape index (κ1) is 58.0. The van der Waals surface area contributed by atoms with Gasteiger partial charge in [-0.2, -0.15) is 0 Å². The van der Waals surface area contributed by atoms with Crippen LogP contribution in [0.5, 0.6) is 0 Å². The van der Waals surface area contributed by atoms with E-state index in [1.165, 1.54) is 11.1 Å². The maximum atomic E-state index is 11.1. The minimum atomic E-state index is -0.838. The van der Waals surface area contributed by atoms with Gasteiger partial charge in [-0.05, 0) is 147 Å². The molecule has 0 spiro atoms. The second kappa shape index (κ2) is 27.2. The van der Waals surface area contributed by atoms with Crippen LogP contribution in [0.15, 0.2) is 97.1 Å². The third kappa shape index (κ3) is 29.1. The van der Waals surface area contributed by atoms with Crippen molar-refractivity contribution in [3.63, 3.8) is 0 Å². The lowest BCUT2D eigenvalue weighted by atomic mass is 9.93. The second-order valence-corrected chi connectivity index (χ2v) is 19.0. The van der Waals surface area contributed by atoms with Crippen molar-refractivity contribution in [3.8, 4) is 0 Å². The molecule has 0 amide bonds. The summed E-state index contributed by atoms with van der Waals surface area (Å²) in [6.45, 7) is 19.3. The first-order chi connectivity index (χ1) is 28.6. The number of hydrogen-bond donors (Lipinski definition) is 6. The molecule has 10 heteroatoms. The van der Waals surface area contributed by atoms with E-state index in [0.717, 1.165) is 52.6 Å². The highest BCUT2D eigenvalue weighted by Gasteiger charge is 2.17. The van der Waals surface area contributed by atoms with Gasteiger partial charge in [0, 0.05) is 35.9 Å². The molecule has 4 rings (SSSR count). The van der Waals surface area contributed by atoms with Crippen LogP contribution in [0.25, 0.3) is 0 Å². The van der Waals surface area contributed by atoms with Gasteiger partial charge in [0.05, 0.1) is 18.4 Å². The van der Waals surface area contributed by atoms with Crippen LogP contribution in [0.1, 0.15) is 121 Å². The zero-order valence-corrected chi connectivity index (χ0v) is 39.4. The molecule has 348 valence electrons. The predicted molar refractivity (Wildman–Crippen MR) is 260 cm³/mol. The molecule has 0 aromatic heterocycles. The number of aliphatic hydroxyl groups is 1. The fraction of sp³-hybridized carbons (Fsp3) is 0.472. The van der Waals surface area contributed by atoms with E-state index < -0.39 is 17.5 Å². The zero-order chi connectivity index (χ0) is 47.3. The molecule has 63 heavy (non-hydrogen) atoms. The Labute approximate surface area is 379 Å². The Morgan fingerprint density at radius 1 is 0.476 bits per heavy atom. The average Bonchev–Trinajstić information content (AvgIpc) is 3.10. The number of rotatable bonds is 18. The van der Waals surface area contributed by atoms with E-state index in [0.29, 0.717) is 19.3 Å². The zero-order valence-electron chi connectivity index (χ0n) is 39.4.